The lowest BCUT2D eigenvalue weighted by Gasteiger charge is -2.02. The molecule has 0 aliphatic rings. The van der Waals surface area contributed by atoms with Crippen LogP contribution in [0.15, 0.2) is 35.1 Å². The fraction of sp³-hybridized carbons (Fsp3) is 0.400. The van der Waals surface area contributed by atoms with Crippen molar-refractivity contribution in [3.05, 3.63) is 35.1 Å². The zero-order valence-corrected chi connectivity index (χ0v) is 8.31. The van der Waals surface area contributed by atoms with E-state index in [1.54, 1.807) is 0 Å². The smallest absolute Gasteiger partial charge is 0.109 e. The number of hydrogen-bond acceptors (Lipinski definition) is 1. The van der Waals surface area contributed by atoms with Crippen LogP contribution < -0.4 is 5.32 Å². The summed E-state index contributed by atoms with van der Waals surface area (Å²) in [4.78, 5) is 0. The van der Waals surface area contributed by atoms with Crippen molar-refractivity contribution in [1.82, 2.24) is 5.32 Å². The second-order valence-corrected chi connectivity index (χ2v) is 2.82. The number of nitrogens with one attached hydrogen (secondary N) is 1. The Hall–Kier alpha value is -0.915. The summed E-state index contributed by atoms with van der Waals surface area (Å²) in [6.07, 6.45) is 5.94. The Morgan fingerprint density at radius 2 is 1.83 bits per heavy atom. The summed E-state index contributed by atoms with van der Waals surface area (Å²) in [7, 11) is 5.55. The fourth-order valence-corrected chi connectivity index (χ4v) is 0.508. The van der Waals surface area contributed by atoms with Gasteiger partial charge in [0, 0.05) is 11.9 Å². The second-order valence-electron chi connectivity index (χ2n) is 2.82. The molecule has 0 spiro atoms. The molecule has 0 fully saturated rings. The van der Waals surface area contributed by atoms with Gasteiger partial charge in [0.1, 0.15) is 7.85 Å². The van der Waals surface area contributed by atoms with Crippen LogP contribution in [0.2, 0.25) is 0 Å². The number of allylic oxidation sites excluding steroid dienone is 5. The lowest BCUT2D eigenvalue weighted by atomic mass is 9.96. The zero-order chi connectivity index (χ0) is 9.56. The SMILES string of the molecule is [B]/C(C)=C(\C)N/C=C\C(C)=C/C. The van der Waals surface area contributed by atoms with Gasteiger partial charge >= 0.3 is 0 Å². The molecule has 0 aromatic heterocycles. The largest absolute Gasteiger partial charge is 0.366 e. The molecule has 0 aromatic rings. The van der Waals surface area contributed by atoms with E-state index in [1.165, 1.54) is 5.57 Å². The van der Waals surface area contributed by atoms with E-state index in [2.05, 4.69) is 5.32 Å². The Balaban J connectivity index is 4.00. The van der Waals surface area contributed by atoms with Crippen LogP contribution in [0.5, 0.6) is 0 Å². The van der Waals surface area contributed by atoms with Gasteiger partial charge in [-0.3, -0.25) is 0 Å². The van der Waals surface area contributed by atoms with Crippen molar-refractivity contribution < 1.29 is 0 Å². The highest BCUT2D eigenvalue weighted by Gasteiger charge is 1.85. The monoisotopic (exact) mass is 161 g/mol. The quantitative estimate of drug-likeness (QED) is 0.495. The van der Waals surface area contributed by atoms with Gasteiger partial charge < -0.3 is 5.32 Å². The second kappa shape index (κ2) is 5.70. The maximum atomic E-state index is 5.55. The van der Waals surface area contributed by atoms with Crippen LogP contribution in [0.1, 0.15) is 27.7 Å². The molecule has 2 radical (unpaired) electrons. The maximum Gasteiger partial charge on any atom is 0.109 e. The molecule has 0 amide bonds. The summed E-state index contributed by atoms with van der Waals surface area (Å²) in [6, 6.07) is 0. The van der Waals surface area contributed by atoms with Gasteiger partial charge in [0.2, 0.25) is 0 Å². The third-order valence-electron chi connectivity index (χ3n) is 1.69. The standard InChI is InChI=1S/C10H16BN/c1-5-8(2)6-7-12-10(4)9(3)11/h5-7,12H,1-4H3/b7-6-,8-5-,10-9+. The van der Waals surface area contributed by atoms with Crippen LogP contribution in [-0.2, 0) is 0 Å². The minimum atomic E-state index is 0.817. The Labute approximate surface area is 76.7 Å². The van der Waals surface area contributed by atoms with Crippen LogP contribution >= 0.6 is 0 Å². The molecule has 1 nitrogen and oxygen atoms in total. The number of rotatable bonds is 3. The van der Waals surface area contributed by atoms with E-state index >= 15 is 0 Å². The molecular weight excluding hydrogens is 145 g/mol. The van der Waals surface area contributed by atoms with Crippen molar-refractivity contribution in [2.45, 2.75) is 27.7 Å². The third kappa shape index (κ3) is 4.83. The molecule has 0 aliphatic carbocycles. The van der Waals surface area contributed by atoms with Gasteiger partial charge in [0.15, 0.2) is 0 Å². The molecule has 12 heavy (non-hydrogen) atoms. The Morgan fingerprint density at radius 1 is 1.25 bits per heavy atom. The highest BCUT2D eigenvalue weighted by Crippen LogP contribution is 1.96. The normalized spacial score (nSPS) is 14.8. The van der Waals surface area contributed by atoms with Gasteiger partial charge in [0.25, 0.3) is 0 Å². The summed E-state index contributed by atoms with van der Waals surface area (Å²) in [5.41, 5.74) is 3.04. The van der Waals surface area contributed by atoms with Gasteiger partial charge in [-0.15, -0.1) is 5.47 Å². The lowest BCUT2D eigenvalue weighted by Crippen LogP contribution is -2.03. The fourth-order valence-electron chi connectivity index (χ4n) is 0.508. The first-order valence-corrected chi connectivity index (χ1v) is 4.07. The highest BCUT2D eigenvalue weighted by molar-refractivity contribution is 6.21. The molecule has 0 heterocycles. The van der Waals surface area contributed by atoms with E-state index in [9.17, 15) is 0 Å². The number of hydrogen-bond donors (Lipinski definition) is 1. The molecular formula is C10H16BN. The first-order chi connectivity index (χ1) is 5.57. The van der Waals surface area contributed by atoms with E-state index in [1.807, 2.05) is 46.0 Å². The molecule has 0 bridgehead atoms. The van der Waals surface area contributed by atoms with Gasteiger partial charge in [-0.05, 0) is 26.8 Å². The molecule has 0 aromatic carbocycles. The Bertz CT molecular complexity index is 220. The maximum absolute atomic E-state index is 5.55. The molecule has 0 atom stereocenters. The topological polar surface area (TPSA) is 12.0 Å². The summed E-state index contributed by atoms with van der Waals surface area (Å²) in [6.45, 7) is 7.88. The van der Waals surface area contributed by atoms with Crippen molar-refractivity contribution in [2.75, 3.05) is 0 Å². The average Bonchev–Trinajstić information content (AvgIpc) is 2.03. The summed E-state index contributed by atoms with van der Waals surface area (Å²) in [5.74, 6) is 0. The zero-order valence-electron chi connectivity index (χ0n) is 8.31. The van der Waals surface area contributed by atoms with E-state index in [4.69, 9.17) is 7.85 Å². The Morgan fingerprint density at radius 3 is 2.25 bits per heavy atom. The van der Waals surface area contributed by atoms with Gasteiger partial charge in [0.05, 0.1) is 0 Å². The van der Waals surface area contributed by atoms with E-state index in [0.29, 0.717) is 0 Å². The van der Waals surface area contributed by atoms with Crippen molar-refractivity contribution >= 4 is 7.85 Å². The van der Waals surface area contributed by atoms with Crippen molar-refractivity contribution in [2.24, 2.45) is 0 Å². The molecule has 0 saturated carbocycles. The predicted octanol–water partition coefficient (Wildman–Crippen LogP) is 2.48. The summed E-state index contributed by atoms with van der Waals surface area (Å²) in [5, 5.41) is 3.08. The van der Waals surface area contributed by atoms with Crippen LogP contribution in [-0.4, -0.2) is 7.85 Å². The van der Waals surface area contributed by atoms with Crippen LogP contribution in [0.3, 0.4) is 0 Å². The predicted molar refractivity (Wildman–Crippen MR) is 55.8 cm³/mol. The van der Waals surface area contributed by atoms with Crippen molar-refractivity contribution in [3.8, 4) is 0 Å². The average molecular weight is 161 g/mol. The molecule has 64 valence electrons. The lowest BCUT2D eigenvalue weighted by molar-refractivity contribution is 1.04. The van der Waals surface area contributed by atoms with Crippen LogP contribution in [0, 0.1) is 0 Å². The third-order valence-corrected chi connectivity index (χ3v) is 1.69. The minimum absolute atomic E-state index is 0.817. The minimum Gasteiger partial charge on any atom is -0.366 e. The van der Waals surface area contributed by atoms with Crippen molar-refractivity contribution in [3.63, 3.8) is 0 Å². The van der Waals surface area contributed by atoms with E-state index in [0.717, 1.165) is 11.2 Å². The molecule has 1 N–H and O–H groups in total. The van der Waals surface area contributed by atoms with Crippen LogP contribution in [0.25, 0.3) is 0 Å². The highest BCUT2D eigenvalue weighted by atomic mass is 14.8. The molecule has 0 rings (SSSR count). The van der Waals surface area contributed by atoms with E-state index in [-0.39, 0.29) is 0 Å². The van der Waals surface area contributed by atoms with Gasteiger partial charge in [-0.1, -0.05) is 18.6 Å². The molecule has 0 saturated heterocycles. The van der Waals surface area contributed by atoms with Crippen LogP contribution in [0.4, 0.5) is 0 Å². The molecule has 0 aliphatic heterocycles. The Kier molecular flexibility index (Phi) is 5.26. The molecule has 2 heteroatoms. The first-order valence-electron chi connectivity index (χ1n) is 4.07. The summed E-state index contributed by atoms with van der Waals surface area (Å²) < 4.78 is 0. The van der Waals surface area contributed by atoms with Crippen molar-refractivity contribution in [1.29, 1.82) is 0 Å². The van der Waals surface area contributed by atoms with Gasteiger partial charge in [-0.25, -0.2) is 0 Å². The first kappa shape index (κ1) is 11.1. The molecule has 0 unspecified atom stereocenters. The van der Waals surface area contributed by atoms with E-state index < -0.39 is 0 Å². The summed E-state index contributed by atoms with van der Waals surface area (Å²) >= 11 is 0. The van der Waals surface area contributed by atoms with Gasteiger partial charge in [-0.2, -0.15) is 0 Å².